The van der Waals surface area contributed by atoms with Crippen LogP contribution in [0.25, 0.3) is 0 Å². The normalized spacial score (nSPS) is 17.0. The Kier molecular flexibility index (Phi) is 3.83. The van der Waals surface area contributed by atoms with E-state index in [2.05, 4.69) is 5.32 Å². The van der Waals surface area contributed by atoms with Gasteiger partial charge in [-0.2, -0.15) is 0 Å². The number of hydrogen-bond acceptors (Lipinski definition) is 4. The number of ether oxygens (including phenoxy) is 1. The van der Waals surface area contributed by atoms with Gasteiger partial charge in [0.25, 0.3) is 5.91 Å². The summed E-state index contributed by atoms with van der Waals surface area (Å²) in [7, 11) is 0. The average molecular weight is 285 g/mol. The van der Waals surface area contributed by atoms with Gasteiger partial charge in [-0.1, -0.05) is 24.3 Å². The third kappa shape index (κ3) is 2.87. The highest BCUT2D eigenvalue weighted by Crippen LogP contribution is 2.26. The van der Waals surface area contributed by atoms with Crippen LogP contribution in [0.1, 0.15) is 27.8 Å². The molecule has 2 aromatic rings. The van der Waals surface area contributed by atoms with Crippen LogP contribution in [0.4, 0.5) is 0 Å². The third-order valence-corrected chi connectivity index (χ3v) is 3.45. The number of carbonyl (C=O) groups excluding carboxylic acids is 2. The minimum Gasteiger partial charge on any atom is -0.461 e. The molecule has 21 heavy (non-hydrogen) atoms. The summed E-state index contributed by atoms with van der Waals surface area (Å²) in [4.78, 5) is 24.0. The maximum atomic E-state index is 12.2. The van der Waals surface area contributed by atoms with Gasteiger partial charge in [0.2, 0.25) is 5.78 Å². The highest BCUT2D eigenvalue weighted by atomic mass is 16.5. The van der Waals surface area contributed by atoms with Gasteiger partial charge in [-0.15, -0.1) is 0 Å². The Bertz CT molecular complexity index is 648. The van der Waals surface area contributed by atoms with Crippen LogP contribution < -0.4 is 5.32 Å². The van der Waals surface area contributed by atoms with Crippen molar-refractivity contribution >= 4 is 11.7 Å². The van der Waals surface area contributed by atoms with Gasteiger partial charge in [0.05, 0.1) is 19.4 Å². The second-order valence-corrected chi connectivity index (χ2v) is 4.82. The number of benzene rings is 1. The Morgan fingerprint density at radius 3 is 2.86 bits per heavy atom. The number of rotatable bonds is 4. The summed E-state index contributed by atoms with van der Waals surface area (Å²) in [5.74, 6) is -0.334. The van der Waals surface area contributed by atoms with Gasteiger partial charge in [0.1, 0.15) is 0 Å². The van der Waals surface area contributed by atoms with Gasteiger partial charge in [0.15, 0.2) is 11.9 Å². The van der Waals surface area contributed by atoms with Gasteiger partial charge in [-0.05, 0) is 29.7 Å². The first-order valence-corrected chi connectivity index (χ1v) is 6.79. The van der Waals surface area contributed by atoms with Crippen molar-refractivity contribution in [2.45, 2.75) is 12.5 Å². The molecule has 1 atom stereocenters. The molecule has 0 spiro atoms. The fraction of sp³-hybridized carbons (Fsp3) is 0.250. The Morgan fingerprint density at radius 1 is 1.19 bits per heavy atom. The lowest BCUT2D eigenvalue weighted by Crippen LogP contribution is -2.36. The van der Waals surface area contributed by atoms with Crippen molar-refractivity contribution in [3.8, 4) is 0 Å². The summed E-state index contributed by atoms with van der Waals surface area (Å²) in [6.07, 6.45) is 1.57. The van der Waals surface area contributed by atoms with E-state index in [0.717, 1.165) is 17.5 Å². The zero-order chi connectivity index (χ0) is 14.7. The quantitative estimate of drug-likeness (QED) is 0.871. The molecule has 0 radical (unpaired) electrons. The lowest BCUT2D eigenvalue weighted by Gasteiger charge is -2.24. The molecule has 1 aromatic heterocycles. The molecule has 1 aromatic carbocycles. The Balaban J connectivity index is 1.65. The predicted molar refractivity (Wildman–Crippen MR) is 74.9 cm³/mol. The standard InChI is InChI=1S/C16H15NO4/c18-13(14-6-3-8-20-14)10-17-16(19)15-12-5-2-1-4-11(12)7-9-21-15/h1-6,8,15H,7,9-10H2,(H,17,19)/t15-/m1/s1. The first-order chi connectivity index (χ1) is 10.3. The van der Waals surface area contributed by atoms with Crippen molar-refractivity contribution in [1.29, 1.82) is 0 Å². The zero-order valence-electron chi connectivity index (χ0n) is 11.4. The predicted octanol–water partition coefficient (Wildman–Crippen LogP) is 1.89. The molecule has 2 heterocycles. The first-order valence-electron chi connectivity index (χ1n) is 6.79. The number of hydrogen-bond donors (Lipinski definition) is 1. The molecule has 0 saturated heterocycles. The van der Waals surface area contributed by atoms with Crippen LogP contribution in [0.2, 0.25) is 0 Å². The van der Waals surface area contributed by atoms with E-state index < -0.39 is 6.10 Å². The fourth-order valence-electron chi connectivity index (χ4n) is 2.40. The van der Waals surface area contributed by atoms with Crippen LogP contribution in [0, 0.1) is 0 Å². The van der Waals surface area contributed by atoms with Gasteiger partial charge in [0, 0.05) is 0 Å². The molecular weight excluding hydrogens is 270 g/mol. The molecular formula is C16H15NO4. The first kappa shape index (κ1) is 13.6. The SMILES string of the molecule is O=C(CNC(=O)[C@@H]1OCCc2ccccc21)c1ccco1. The van der Waals surface area contributed by atoms with Crippen molar-refractivity contribution in [2.24, 2.45) is 0 Å². The number of amides is 1. The zero-order valence-corrected chi connectivity index (χ0v) is 11.4. The summed E-state index contributed by atoms with van der Waals surface area (Å²) in [5.41, 5.74) is 1.98. The lowest BCUT2D eigenvalue weighted by molar-refractivity contribution is -0.133. The molecule has 1 N–H and O–H groups in total. The summed E-state index contributed by atoms with van der Waals surface area (Å²) in [6, 6.07) is 10.9. The maximum Gasteiger partial charge on any atom is 0.254 e. The van der Waals surface area contributed by atoms with Crippen molar-refractivity contribution in [2.75, 3.05) is 13.2 Å². The van der Waals surface area contributed by atoms with Crippen LogP contribution in [-0.2, 0) is 16.0 Å². The molecule has 108 valence electrons. The molecule has 1 amide bonds. The lowest BCUT2D eigenvalue weighted by atomic mass is 9.97. The molecule has 0 fully saturated rings. The number of ketones is 1. The largest absolute Gasteiger partial charge is 0.461 e. The number of fused-ring (bicyclic) bond motifs is 1. The van der Waals surface area contributed by atoms with Crippen LogP contribution in [-0.4, -0.2) is 24.8 Å². The van der Waals surface area contributed by atoms with E-state index in [-0.39, 0.29) is 24.0 Å². The number of furan rings is 1. The van der Waals surface area contributed by atoms with Crippen molar-refractivity contribution in [1.82, 2.24) is 5.32 Å². The van der Waals surface area contributed by atoms with E-state index in [0.29, 0.717) is 6.61 Å². The van der Waals surface area contributed by atoms with Crippen LogP contribution in [0.5, 0.6) is 0 Å². The second-order valence-electron chi connectivity index (χ2n) is 4.82. The van der Waals surface area contributed by atoms with E-state index in [1.165, 1.54) is 6.26 Å². The minimum absolute atomic E-state index is 0.103. The van der Waals surface area contributed by atoms with Gasteiger partial charge < -0.3 is 14.5 Å². The molecule has 1 aliphatic heterocycles. The molecule has 0 bridgehead atoms. The topological polar surface area (TPSA) is 68.5 Å². The van der Waals surface area contributed by atoms with E-state index in [4.69, 9.17) is 9.15 Å². The fourth-order valence-corrected chi connectivity index (χ4v) is 2.40. The highest BCUT2D eigenvalue weighted by Gasteiger charge is 2.27. The number of carbonyl (C=O) groups is 2. The van der Waals surface area contributed by atoms with Gasteiger partial charge in [-0.3, -0.25) is 9.59 Å². The van der Waals surface area contributed by atoms with Gasteiger partial charge in [-0.25, -0.2) is 0 Å². The van der Waals surface area contributed by atoms with Crippen LogP contribution in [0.15, 0.2) is 47.1 Å². The summed E-state index contributed by atoms with van der Waals surface area (Å²) in [6.45, 7) is 0.398. The number of Topliss-reactive ketones (excluding diaryl/α,β-unsaturated/α-hetero) is 1. The molecule has 3 rings (SSSR count). The Hall–Kier alpha value is -2.40. The molecule has 1 aliphatic rings. The van der Waals surface area contributed by atoms with Gasteiger partial charge >= 0.3 is 0 Å². The van der Waals surface area contributed by atoms with Crippen molar-refractivity contribution < 1.29 is 18.7 Å². The summed E-state index contributed by atoms with van der Waals surface area (Å²) >= 11 is 0. The highest BCUT2D eigenvalue weighted by molar-refractivity contribution is 5.97. The Morgan fingerprint density at radius 2 is 2.05 bits per heavy atom. The average Bonchev–Trinajstić information content (AvgIpc) is 3.06. The van der Waals surface area contributed by atoms with Crippen LogP contribution >= 0.6 is 0 Å². The molecule has 5 heteroatoms. The van der Waals surface area contributed by atoms with E-state index >= 15 is 0 Å². The molecule has 0 saturated carbocycles. The van der Waals surface area contributed by atoms with E-state index in [1.54, 1.807) is 12.1 Å². The van der Waals surface area contributed by atoms with E-state index in [9.17, 15) is 9.59 Å². The maximum absolute atomic E-state index is 12.2. The smallest absolute Gasteiger partial charge is 0.254 e. The number of nitrogens with one attached hydrogen (secondary N) is 1. The minimum atomic E-state index is -0.653. The molecule has 0 unspecified atom stereocenters. The summed E-state index contributed by atoms with van der Waals surface area (Å²) < 4.78 is 10.5. The Labute approximate surface area is 121 Å². The van der Waals surface area contributed by atoms with Crippen molar-refractivity contribution in [3.05, 3.63) is 59.5 Å². The van der Waals surface area contributed by atoms with E-state index in [1.807, 2.05) is 24.3 Å². The van der Waals surface area contributed by atoms with Crippen molar-refractivity contribution in [3.63, 3.8) is 0 Å². The monoisotopic (exact) mass is 285 g/mol. The third-order valence-electron chi connectivity index (χ3n) is 3.45. The second kappa shape index (κ2) is 5.93. The summed E-state index contributed by atoms with van der Waals surface area (Å²) in [5, 5.41) is 2.61. The molecule has 5 nitrogen and oxygen atoms in total. The molecule has 0 aliphatic carbocycles. The van der Waals surface area contributed by atoms with Crippen LogP contribution in [0.3, 0.4) is 0 Å².